The molecule has 0 aromatic heterocycles. The lowest BCUT2D eigenvalue weighted by Crippen LogP contribution is -2.36. The fourth-order valence-electron chi connectivity index (χ4n) is 10.6. The topological polar surface area (TPSA) is 112 Å². The van der Waals surface area contributed by atoms with Crippen molar-refractivity contribution in [2.45, 2.75) is 226 Å². The number of carbonyl (C=O) groups is 4. The average molecular weight is 1180 g/mol. The van der Waals surface area contributed by atoms with E-state index in [0.717, 1.165) is 170 Å². The van der Waals surface area contributed by atoms with Crippen LogP contribution in [0.15, 0.2) is 97.1 Å². The Morgan fingerprint density at radius 3 is 1.28 bits per heavy atom. The Labute approximate surface area is 512 Å². The monoisotopic (exact) mass is 1180 g/mol. The molecular weight excluding hydrogens is 1070 g/mol. The summed E-state index contributed by atoms with van der Waals surface area (Å²) in [5, 5.41) is 0. The third-order valence-electron chi connectivity index (χ3n) is 16.0. The van der Waals surface area contributed by atoms with E-state index in [1.807, 2.05) is 58.0 Å². The molecule has 0 aliphatic carbocycles. The molecule has 0 saturated carbocycles. The first-order chi connectivity index (χ1) is 40.8. The summed E-state index contributed by atoms with van der Waals surface area (Å²) in [6, 6.07) is 14.9. The number of rotatable bonds is 48. The van der Waals surface area contributed by atoms with E-state index >= 15 is 0 Å². The molecule has 2 aromatic carbocycles. The number of hydrogen-bond donors (Lipinski definition) is 0. The molecule has 2 aliphatic rings. The molecule has 2 aromatic rings. The molecule has 2 saturated heterocycles. The second-order valence-electron chi connectivity index (χ2n) is 23.1. The highest BCUT2D eigenvalue weighted by molar-refractivity contribution is 8.76. The maximum Gasteiger partial charge on any atom is 0.311 e. The van der Waals surface area contributed by atoms with E-state index in [4.69, 9.17) is 18.9 Å². The minimum absolute atomic E-state index is 0.146. The molecule has 10 nitrogen and oxygen atoms in total. The van der Waals surface area contributed by atoms with Crippen LogP contribution in [0.5, 0.6) is 5.75 Å². The Bertz CT molecular complexity index is 2090. The van der Waals surface area contributed by atoms with Crippen molar-refractivity contribution < 1.29 is 38.1 Å². The molecular formula is C71H110N2O8S2. The SMILES string of the molecule is CCCCC/C=C\C/C=C\CCCCCCCC(=O)OCc1ccc(CC(=O)OCCC2CCN(CCSSCCN3CCC(CCOC(=O)Cc4ccc(OC(=O)CCCCCCC/C=C\C/C=C\CCCCC)cc4)CC3)CC2)cc1. The molecule has 0 spiro atoms. The largest absolute Gasteiger partial charge is 0.465 e. The Kier molecular flexibility index (Phi) is 42.2. The number of ether oxygens (including phenoxy) is 4. The van der Waals surface area contributed by atoms with Gasteiger partial charge in [0.1, 0.15) is 12.4 Å². The molecule has 0 atom stereocenters. The van der Waals surface area contributed by atoms with Gasteiger partial charge in [-0.3, -0.25) is 19.2 Å². The molecule has 2 aliphatic heterocycles. The van der Waals surface area contributed by atoms with Gasteiger partial charge >= 0.3 is 23.9 Å². The summed E-state index contributed by atoms with van der Waals surface area (Å²) in [5.41, 5.74) is 2.69. The van der Waals surface area contributed by atoms with Gasteiger partial charge in [-0.15, -0.1) is 0 Å². The zero-order chi connectivity index (χ0) is 58.9. The summed E-state index contributed by atoms with van der Waals surface area (Å²) >= 11 is 0. The third-order valence-corrected chi connectivity index (χ3v) is 18.4. The van der Waals surface area contributed by atoms with Gasteiger partial charge in [0.15, 0.2) is 0 Å². The maximum atomic E-state index is 12.6. The highest BCUT2D eigenvalue weighted by Gasteiger charge is 2.21. The number of piperidine rings is 2. The summed E-state index contributed by atoms with van der Waals surface area (Å²) in [6.45, 7) is 12.4. The second-order valence-corrected chi connectivity index (χ2v) is 25.8. The molecule has 0 unspecified atom stereocenters. The zero-order valence-electron chi connectivity index (χ0n) is 51.8. The molecule has 4 rings (SSSR count). The Morgan fingerprint density at radius 2 is 0.831 bits per heavy atom. The van der Waals surface area contributed by atoms with Crippen LogP contribution in [-0.4, -0.2) is 97.7 Å². The normalized spacial score (nSPS) is 14.9. The van der Waals surface area contributed by atoms with Gasteiger partial charge < -0.3 is 28.7 Å². The van der Waals surface area contributed by atoms with Crippen molar-refractivity contribution in [2.24, 2.45) is 11.8 Å². The number of esters is 4. The molecule has 0 N–H and O–H groups in total. The van der Waals surface area contributed by atoms with E-state index in [9.17, 15) is 19.2 Å². The number of hydrogen-bond acceptors (Lipinski definition) is 12. The van der Waals surface area contributed by atoms with Crippen molar-refractivity contribution in [3.8, 4) is 5.75 Å². The molecule has 0 bridgehead atoms. The lowest BCUT2D eigenvalue weighted by atomic mass is 9.94. The Hall–Kier alpha value is -4.10. The van der Waals surface area contributed by atoms with E-state index in [0.29, 0.717) is 43.6 Å². The lowest BCUT2D eigenvalue weighted by Gasteiger charge is -2.32. The van der Waals surface area contributed by atoms with Crippen molar-refractivity contribution >= 4 is 45.5 Å². The quantitative estimate of drug-likeness (QED) is 0.0157. The van der Waals surface area contributed by atoms with E-state index in [1.165, 1.54) is 77.0 Å². The van der Waals surface area contributed by atoms with Gasteiger partial charge in [-0.05, 0) is 182 Å². The number of likely N-dealkylation sites (tertiary alicyclic amines) is 2. The molecule has 2 fully saturated rings. The number of allylic oxidation sites excluding steroid dienone is 8. The first-order valence-electron chi connectivity index (χ1n) is 32.9. The van der Waals surface area contributed by atoms with Crippen LogP contribution in [0.1, 0.15) is 223 Å². The van der Waals surface area contributed by atoms with Crippen molar-refractivity contribution in [2.75, 3.05) is 64.0 Å². The van der Waals surface area contributed by atoms with Crippen LogP contribution < -0.4 is 4.74 Å². The predicted octanol–water partition coefficient (Wildman–Crippen LogP) is 17.7. The molecule has 2 heterocycles. The van der Waals surface area contributed by atoms with Gasteiger partial charge in [0.05, 0.1) is 26.1 Å². The number of nitrogens with zero attached hydrogens (tertiary/aromatic N) is 2. The molecule has 83 heavy (non-hydrogen) atoms. The van der Waals surface area contributed by atoms with Gasteiger partial charge in [0, 0.05) is 37.4 Å². The highest BCUT2D eigenvalue weighted by atomic mass is 33.1. The summed E-state index contributed by atoms with van der Waals surface area (Å²) < 4.78 is 22.4. The fourth-order valence-corrected chi connectivity index (χ4v) is 12.6. The lowest BCUT2D eigenvalue weighted by molar-refractivity contribution is -0.145. The van der Waals surface area contributed by atoms with Gasteiger partial charge in [-0.2, -0.15) is 0 Å². The average Bonchev–Trinajstić information content (AvgIpc) is 3.52. The Balaban J connectivity index is 0.885. The minimum atomic E-state index is -0.213. The molecule has 464 valence electrons. The number of benzene rings is 2. The zero-order valence-corrected chi connectivity index (χ0v) is 53.4. The van der Waals surface area contributed by atoms with Crippen LogP contribution in [0.2, 0.25) is 0 Å². The Morgan fingerprint density at radius 1 is 0.446 bits per heavy atom. The third kappa shape index (κ3) is 38.5. The first-order valence-corrected chi connectivity index (χ1v) is 35.4. The highest BCUT2D eigenvalue weighted by Crippen LogP contribution is 2.26. The van der Waals surface area contributed by atoms with E-state index in [-0.39, 0.29) is 43.3 Å². The van der Waals surface area contributed by atoms with Crippen LogP contribution >= 0.6 is 21.6 Å². The summed E-state index contributed by atoms with van der Waals surface area (Å²) in [4.78, 5) is 55.1. The molecule has 0 radical (unpaired) electrons. The van der Waals surface area contributed by atoms with Gasteiger partial charge in [0.25, 0.3) is 0 Å². The molecule has 0 amide bonds. The molecule has 12 heteroatoms. The first kappa shape index (κ1) is 71.4. The fraction of sp³-hybridized carbons (Fsp3) is 0.662. The number of carbonyl (C=O) groups excluding carboxylic acids is 4. The maximum absolute atomic E-state index is 12.6. The van der Waals surface area contributed by atoms with Gasteiger partial charge in [-0.1, -0.05) is 185 Å². The van der Waals surface area contributed by atoms with Crippen molar-refractivity contribution in [3.63, 3.8) is 0 Å². The van der Waals surface area contributed by atoms with Crippen LogP contribution in [0.25, 0.3) is 0 Å². The van der Waals surface area contributed by atoms with Crippen molar-refractivity contribution in [1.29, 1.82) is 0 Å². The smallest absolute Gasteiger partial charge is 0.311 e. The van der Waals surface area contributed by atoms with Gasteiger partial charge in [0.2, 0.25) is 0 Å². The summed E-state index contributed by atoms with van der Waals surface area (Å²) in [6.07, 6.45) is 51.5. The standard InChI is InChI=1S/C71H110N2O8S2/c1-3-5-7-9-11-13-15-17-19-21-23-25-27-29-31-33-68(74)80-61-66-37-35-64(36-38-66)59-70(76)78-55-47-62-43-49-72(50-44-62)53-57-82-83-58-54-73-51-45-63(46-52-73)48-56-79-71(77)60-65-39-41-67(42-40-65)81-69(75)34-32-30-28-26-24-22-20-18-16-14-12-10-8-6-4-2/h11-14,17-20,35-42,62-63H,3-10,15-16,21-34,43-61H2,1-2H3/b13-11-,14-12-,19-17-,20-18-. The van der Waals surface area contributed by atoms with Crippen LogP contribution in [0, 0.1) is 11.8 Å². The van der Waals surface area contributed by atoms with Gasteiger partial charge in [-0.25, -0.2) is 0 Å². The minimum Gasteiger partial charge on any atom is -0.465 e. The van der Waals surface area contributed by atoms with Crippen LogP contribution in [0.4, 0.5) is 0 Å². The second kappa shape index (κ2) is 49.1. The van der Waals surface area contributed by atoms with Crippen LogP contribution in [0.3, 0.4) is 0 Å². The predicted molar refractivity (Wildman–Crippen MR) is 349 cm³/mol. The number of unbranched alkanes of at least 4 members (excludes halogenated alkanes) is 16. The van der Waals surface area contributed by atoms with Crippen molar-refractivity contribution in [1.82, 2.24) is 9.80 Å². The van der Waals surface area contributed by atoms with Crippen molar-refractivity contribution in [3.05, 3.63) is 114 Å². The van der Waals surface area contributed by atoms with E-state index < -0.39 is 0 Å². The van der Waals surface area contributed by atoms with E-state index in [2.05, 4.69) is 72.3 Å². The van der Waals surface area contributed by atoms with Crippen LogP contribution in [-0.2, 0) is 52.8 Å². The summed E-state index contributed by atoms with van der Waals surface area (Å²) in [7, 11) is 3.98. The summed E-state index contributed by atoms with van der Waals surface area (Å²) in [5.74, 6) is 3.23. The van der Waals surface area contributed by atoms with E-state index in [1.54, 1.807) is 12.1 Å².